The van der Waals surface area contributed by atoms with Gasteiger partial charge in [-0.3, -0.25) is 0 Å². The van der Waals surface area contributed by atoms with Crippen molar-refractivity contribution < 1.29 is 21.6 Å². The van der Waals surface area contributed by atoms with Crippen LogP contribution in [0.2, 0.25) is 0 Å². The van der Waals surface area contributed by atoms with Crippen molar-refractivity contribution in [3.63, 3.8) is 0 Å². The molecule has 0 spiro atoms. The Balaban J connectivity index is 3.09. The Hall–Kier alpha value is -1.30. The van der Waals surface area contributed by atoms with Gasteiger partial charge in [0, 0.05) is 0 Å². The van der Waals surface area contributed by atoms with Crippen molar-refractivity contribution in [2.75, 3.05) is 5.75 Å². The van der Waals surface area contributed by atoms with Gasteiger partial charge in [0.2, 0.25) is 0 Å². The number of alkyl halides is 3. The Bertz CT molecular complexity index is 472. The van der Waals surface area contributed by atoms with Crippen LogP contribution in [-0.4, -0.2) is 14.2 Å². The molecule has 0 N–H and O–H groups in total. The second kappa shape index (κ2) is 4.29. The Labute approximate surface area is 91.3 Å². The summed E-state index contributed by atoms with van der Waals surface area (Å²) in [5.41, 5.74) is -0.870. The molecule has 6 heteroatoms. The Morgan fingerprint density at radius 2 is 1.69 bits per heavy atom. The summed E-state index contributed by atoms with van der Waals surface area (Å²) < 4.78 is 59.5. The molecule has 1 aromatic rings. The molecule has 0 heterocycles. The normalized spacial score (nSPS) is 12.4. The largest absolute Gasteiger partial charge is 0.416 e. The third-order valence-electron chi connectivity index (χ3n) is 1.88. The molecule has 0 aliphatic rings. The molecule has 0 fully saturated rings. The van der Waals surface area contributed by atoms with Gasteiger partial charge in [0.15, 0.2) is 9.84 Å². The fourth-order valence-corrected chi connectivity index (χ4v) is 2.16. The van der Waals surface area contributed by atoms with Gasteiger partial charge in [-0.1, -0.05) is 6.08 Å². The summed E-state index contributed by atoms with van der Waals surface area (Å²) in [6.45, 7) is 3.27. The summed E-state index contributed by atoms with van der Waals surface area (Å²) in [5.74, 6) is -0.293. The molecule has 16 heavy (non-hydrogen) atoms. The molecule has 2 nitrogen and oxygen atoms in total. The van der Waals surface area contributed by atoms with Crippen LogP contribution >= 0.6 is 0 Å². The van der Waals surface area contributed by atoms with E-state index in [4.69, 9.17) is 0 Å². The van der Waals surface area contributed by atoms with E-state index in [2.05, 4.69) is 6.58 Å². The van der Waals surface area contributed by atoms with Crippen LogP contribution in [-0.2, 0) is 16.0 Å². The minimum absolute atomic E-state index is 0.139. The molecule has 0 saturated carbocycles. The first-order valence-electron chi connectivity index (χ1n) is 4.28. The summed E-state index contributed by atoms with van der Waals surface area (Å²) in [6, 6.07) is 3.38. The van der Waals surface area contributed by atoms with Crippen LogP contribution in [0.5, 0.6) is 0 Å². The summed E-state index contributed by atoms with van der Waals surface area (Å²) in [6.07, 6.45) is -3.27. The first kappa shape index (κ1) is 12.8. The quantitative estimate of drug-likeness (QED) is 0.773. The molecule has 0 unspecified atom stereocenters. The zero-order valence-corrected chi connectivity index (χ0v) is 8.98. The van der Waals surface area contributed by atoms with Gasteiger partial charge in [-0.2, -0.15) is 13.2 Å². The van der Waals surface area contributed by atoms with Crippen molar-refractivity contribution in [1.82, 2.24) is 0 Å². The van der Waals surface area contributed by atoms with E-state index < -0.39 is 21.6 Å². The molecule has 0 aliphatic carbocycles. The molecule has 0 atom stereocenters. The highest BCUT2D eigenvalue weighted by Crippen LogP contribution is 2.29. The van der Waals surface area contributed by atoms with Gasteiger partial charge in [0.25, 0.3) is 0 Å². The minimum atomic E-state index is -4.46. The van der Waals surface area contributed by atoms with E-state index in [1.54, 1.807) is 0 Å². The maximum absolute atomic E-state index is 12.2. The fourth-order valence-electron chi connectivity index (χ4n) is 1.10. The summed E-state index contributed by atoms with van der Waals surface area (Å²) >= 11 is 0. The zero-order valence-electron chi connectivity index (χ0n) is 8.16. The van der Waals surface area contributed by atoms with Crippen LogP contribution in [0.15, 0.2) is 41.8 Å². The first-order valence-corrected chi connectivity index (χ1v) is 5.93. The van der Waals surface area contributed by atoms with Crippen molar-refractivity contribution >= 4 is 9.84 Å². The summed E-state index contributed by atoms with van der Waals surface area (Å²) in [5, 5.41) is 0. The molecule has 0 aromatic heterocycles. The number of hydrogen-bond acceptors (Lipinski definition) is 2. The zero-order chi connectivity index (χ0) is 12.4. The molecule has 0 bridgehead atoms. The van der Waals surface area contributed by atoms with Gasteiger partial charge < -0.3 is 0 Å². The van der Waals surface area contributed by atoms with Crippen molar-refractivity contribution in [2.24, 2.45) is 0 Å². The smallest absolute Gasteiger partial charge is 0.223 e. The fraction of sp³-hybridized carbons (Fsp3) is 0.200. The van der Waals surface area contributed by atoms with E-state index >= 15 is 0 Å². The monoisotopic (exact) mass is 250 g/mol. The highest BCUT2D eigenvalue weighted by molar-refractivity contribution is 7.91. The maximum atomic E-state index is 12.2. The molecule has 1 aromatic carbocycles. The van der Waals surface area contributed by atoms with E-state index in [0.717, 1.165) is 24.3 Å². The van der Waals surface area contributed by atoms with Crippen molar-refractivity contribution in [1.29, 1.82) is 0 Å². The summed E-state index contributed by atoms with van der Waals surface area (Å²) in [7, 11) is -3.56. The Kier molecular flexibility index (Phi) is 3.42. The molecule has 0 radical (unpaired) electrons. The van der Waals surface area contributed by atoms with Crippen molar-refractivity contribution in [3.05, 3.63) is 42.5 Å². The van der Waals surface area contributed by atoms with Crippen molar-refractivity contribution in [3.8, 4) is 0 Å². The predicted molar refractivity (Wildman–Crippen MR) is 53.7 cm³/mol. The van der Waals surface area contributed by atoms with Gasteiger partial charge in [-0.25, -0.2) is 8.42 Å². The molecular weight excluding hydrogens is 241 g/mol. The van der Waals surface area contributed by atoms with E-state index in [0.29, 0.717) is 0 Å². The first-order chi connectivity index (χ1) is 7.27. The Morgan fingerprint density at radius 1 is 1.19 bits per heavy atom. The molecule has 0 aliphatic heterocycles. The second-order valence-corrected chi connectivity index (χ2v) is 5.13. The predicted octanol–water partition coefficient (Wildman–Crippen LogP) is 2.67. The van der Waals surface area contributed by atoms with E-state index in [9.17, 15) is 21.6 Å². The Morgan fingerprint density at radius 3 is 2.06 bits per heavy atom. The van der Waals surface area contributed by atoms with Gasteiger partial charge in [0.1, 0.15) is 0 Å². The van der Waals surface area contributed by atoms with E-state index in [1.807, 2.05) is 0 Å². The molecule has 0 saturated heterocycles. The third kappa shape index (κ3) is 2.85. The molecular formula is C10H9F3O2S. The second-order valence-electron chi connectivity index (χ2n) is 3.09. The van der Waals surface area contributed by atoms with Gasteiger partial charge >= 0.3 is 6.18 Å². The third-order valence-corrected chi connectivity index (χ3v) is 3.54. The molecule has 0 amide bonds. The molecule has 1 rings (SSSR count). The van der Waals surface area contributed by atoms with Gasteiger partial charge in [0.05, 0.1) is 16.2 Å². The van der Waals surface area contributed by atoms with Crippen LogP contribution in [0.4, 0.5) is 13.2 Å². The molecule has 88 valence electrons. The lowest BCUT2D eigenvalue weighted by atomic mass is 10.2. The van der Waals surface area contributed by atoms with Crippen LogP contribution in [0.1, 0.15) is 5.56 Å². The number of benzene rings is 1. The number of halogens is 3. The van der Waals surface area contributed by atoms with Crippen LogP contribution in [0.3, 0.4) is 0 Å². The number of rotatable bonds is 3. The van der Waals surface area contributed by atoms with Gasteiger partial charge in [-0.15, -0.1) is 6.58 Å². The van der Waals surface area contributed by atoms with Gasteiger partial charge in [-0.05, 0) is 24.3 Å². The average Bonchev–Trinajstić information content (AvgIpc) is 2.16. The highest BCUT2D eigenvalue weighted by Gasteiger charge is 2.30. The lowest BCUT2D eigenvalue weighted by Crippen LogP contribution is -2.07. The standard InChI is InChI=1S/C10H9F3O2S/c1-2-7-16(14,15)9-5-3-8(4-6-9)10(11,12)13/h2-6H,1,7H2. The topological polar surface area (TPSA) is 34.1 Å². The number of hydrogen-bond donors (Lipinski definition) is 0. The lowest BCUT2D eigenvalue weighted by Gasteiger charge is -2.07. The van der Waals surface area contributed by atoms with E-state index in [1.165, 1.54) is 6.08 Å². The van der Waals surface area contributed by atoms with Crippen molar-refractivity contribution in [2.45, 2.75) is 11.1 Å². The van der Waals surface area contributed by atoms with Crippen LogP contribution in [0, 0.1) is 0 Å². The van der Waals surface area contributed by atoms with Crippen LogP contribution < -0.4 is 0 Å². The highest BCUT2D eigenvalue weighted by atomic mass is 32.2. The van der Waals surface area contributed by atoms with E-state index in [-0.39, 0.29) is 10.6 Å². The minimum Gasteiger partial charge on any atom is -0.223 e. The number of sulfone groups is 1. The average molecular weight is 250 g/mol. The lowest BCUT2D eigenvalue weighted by molar-refractivity contribution is -0.137. The maximum Gasteiger partial charge on any atom is 0.416 e. The van der Waals surface area contributed by atoms with Crippen LogP contribution in [0.25, 0.3) is 0 Å². The SMILES string of the molecule is C=CCS(=O)(=O)c1ccc(C(F)(F)F)cc1. The summed E-state index contributed by atoms with van der Waals surface area (Å²) in [4.78, 5) is -0.139.